The van der Waals surface area contributed by atoms with Crippen LogP contribution in [0.5, 0.6) is 5.88 Å². The van der Waals surface area contributed by atoms with Gasteiger partial charge in [-0.3, -0.25) is 14.3 Å². The lowest BCUT2D eigenvalue weighted by Gasteiger charge is -2.25. The summed E-state index contributed by atoms with van der Waals surface area (Å²) in [6.45, 7) is 0.689. The summed E-state index contributed by atoms with van der Waals surface area (Å²) in [7, 11) is 0. The summed E-state index contributed by atoms with van der Waals surface area (Å²) < 4.78 is 1.56. The van der Waals surface area contributed by atoms with Gasteiger partial charge in [0.1, 0.15) is 5.56 Å². The van der Waals surface area contributed by atoms with E-state index in [1.54, 1.807) is 24.3 Å². The number of aromatic amines is 2. The van der Waals surface area contributed by atoms with Crippen LogP contribution in [0.15, 0.2) is 53.3 Å². The highest BCUT2D eigenvalue weighted by Crippen LogP contribution is 2.35. The van der Waals surface area contributed by atoms with E-state index in [0.717, 1.165) is 28.6 Å². The fraction of sp³-hybridized carbons (Fsp3) is 0.143. The van der Waals surface area contributed by atoms with Crippen molar-refractivity contribution >= 4 is 34.7 Å². The molecular weight excluding hydrogens is 408 g/mol. The van der Waals surface area contributed by atoms with Gasteiger partial charge in [-0.25, -0.2) is 0 Å². The van der Waals surface area contributed by atoms with Crippen LogP contribution in [0.25, 0.3) is 16.6 Å². The number of H-pyrrole nitrogens is 2. The molecule has 1 aliphatic heterocycles. The molecule has 0 saturated heterocycles. The molecule has 0 radical (unpaired) electrons. The number of aromatic hydroxyl groups is 1. The van der Waals surface area contributed by atoms with Crippen molar-refractivity contribution in [1.82, 2.24) is 19.9 Å². The van der Waals surface area contributed by atoms with E-state index in [1.165, 1.54) is 4.57 Å². The third-order valence-corrected chi connectivity index (χ3v) is 5.89. The molecule has 1 aliphatic rings. The molecule has 8 heteroatoms. The van der Waals surface area contributed by atoms with E-state index in [9.17, 15) is 9.90 Å². The number of benzene rings is 2. The van der Waals surface area contributed by atoms with Gasteiger partial charge >= 0.3 is 0 Å². The largest absolute Gasteiger partial charge is 0.494 e. The van der Waals surface area contributed by atoms with Crippen LogP contribution in [0.1, 0.15) is 22.9 Å². The lowest BCUT2D eigenvalue weighted by molar-refractivity contribution is 0.412. The zero-order valence-electron chi connectivity index (χ0n) is 15.2. The van der Waals surface area contributed by atoms with Gasteiger partial charge in [0.05, 0.1) is 11.7 Å². The Bertz CT molecular complexity index is 1350. The van der Waals surface area contributed by atoms with Crippen molar-refractivity contribution in [2.75, 3.05) is 6.54 Å². The molecule has 4 N–H and O–H groups in total. The molecule has 0 amide bonds. The van der Waals surface area contributed by atoms with Crippen LogP contribution in [0, 0.1) is 4.77 Å². The van der Waals surface area contributed by atoms with Gasteiger partial charge in [0.2, 0.25) is 5.88 Å². The molecule has 1 atom stereocenters. The molecule has 2 aromatic heterocycles. The molecule has 6 nitrogen and oxygen atoms in total. The van der Waals surface area contributed by atoms with Gasteiger partial charge in [-0.1, -0.05) is 29.8 Å². The summed E-state index contributed by atoms with van der Waals surface area (Å²) in [5, 5.41) is 16.2. The van der Waals surface area contributed by atoms with E-state index >= 15 is 0 Å². The van der Waals surface area contributed by atoms with E-state index in [2.05, 4.69) is 21.4 Å². The van der Waals surface area contributed by atoms with Crippen LogP contribution in [0.4, 0.5) is 0 Å². The van der Waals surface area contributed by atoms with E-state index in [4.69, 9.17) is 23.8 Å². The quantitative estimate of drug-likeness (QED) is 0.367. The molecule has 0 saturated carbocycles. The normalized spacial score (nSPS) is 16.1. The van der Waals surface area contributed by atoms with E-state index in [1.807, 2.05) is 18.2 Å². The highest BCUT2D eigenvalue weighted by molar-refractivity contribution is 7.71. The zero-order valence-corrected chi connectivity index (χ0v) is 16.8. The second kappa shape index (κ2) is 6.88. The molecule has 29 heavy (non-hydrogen) atoms. The Hall–Kier alpha value is -2.87. The van der Waals surface area contributed by atoms with Gasteiger partial charge in [0.25, 0.3) is 5.56 Å². The number of fused-ring (bicyclic) bond motifs is 3. The highest BCUT2D eigenvalue weighted by atomic mass is 35.5. The first-order valence-corrected chi connectivity index (χ1v) is 10.00. The predicted octanol–water partition coefficient (Wildman–Crippen LogP) is 3.97. The summed E-state index contributed by atoms with van der Waals surface area (Å²) in [4.78, 5) is 19.0. The van der Waals surface area contributed by atoms with E-state index in [0.29, 0.717) is 17.3 Å². The van der Waals surface area contributed by atoms with Crippen LogP contribution in [0.2, 0.25) is 5.02 Å². The van der Waals surface area contributed by atoms with Gasteiger partial charge in [0.15, 0.2) is 4.77 Å². The molecule has 0 spiro atoms. The standard InChI is InChI=1S/C21H17ClN4O2S/c22-11-5-7-12(8-6-11)26-20(28)16(19(27)25-21(26)29)18-17-14(9-10-23-18)13-3-1-2-4-15(13)24-17/h1-8,18,23-24,28H,9-10H2,(H,25,27,29)/t18-/m0/s1. The number of halogens is 1. The third-order valence-electron chi connectivity index (χ3n) is 5.35. The Morgan fingerprint density at radius 3 is 2.66 bits per heavy atom. The zero-order chi connectivity index (χ0) is 20.1. The molecule has 2 aromatic carbocycles. The number of para-hydroxylation sites is 1. The molecule has 146 valence electrons. The molecule has 5 rings (SSSR count). The lowest BCUT2D eigenvalue weighted by Crippen LogP contribution is -2.35. The summed E-state index contributed by atoms with van der Waals surface area (Å²) in [5.41, 5.74) is 3.47. The molecule has 0 bridgehead atoms. The van der Waals surface area contributed by atoms with Crippen LogP contribution in [-0.4, -0.2) is 26.2 Å². The second-order valence-electron chi connectivity index (χ2n) is 7.01. The monoisotopic (exact) mass is 424 g/mol. The van der Waals surface area contributed by atoms with Crippen LogP contribution >= 0.6 is 23.8 Å². The first-order chi connectivity index (χ1) is 14.0. The van der Waals surface area contributed by atoms with Gasteiger partial charge < -0.3 is 15.4 Å². The number of rotatable bonds is 2. The smallest absolute Gasteiger partial charge is 0.260 e. The minimum Gasteiger partial charge on any atom is -0.494 e. The Morgan fingerprint density at radius 1 is 1.10 bits per heavy atom. The first-order valence-electron chi connectivity index (χ1n) is 9.21. The van der Waals surface area contributed by atoms with E-state index < -0.39 is 11.6 Å². The number of nitrogens with zero attached hydrogens (tertiary/aromatic N) is 1. The maximum atomic E-state index is 12.9. The molecule has 0 aliphatic carbocycles. The van der Waals surface area contributed by atoms with Crippen LogP contribution < -0.4 is 10.9 Å². The van der Waals surface area contributed by atoms with Gasteiger partial charge in [-0.15, -0.1) is 0 Å². The topological polar surface area (TPSA) is 85.8 Å². The molecule has 0 unspecified atom stereocenters. The van der Waals surface area contributed by atoms with Crippen molar-refractivity contribution in [3.63, 3.8) is 0 Å². The van der Waals surface area contributed by atoms with E-state index in [-0.39, 0.29) is 16.2 Å². The predicted molar refractivity (Wildman–Crippen MR) is 116 cm³/mol. The first kappa shape index (κ1) is 18.2. The number of aromatic nitrogens is 3. The molecule has 0 fully saturated rings. The van der Waals surface area contributed by atoms with Crippen molar-refractivity contribution in [2.24, 2.45) is 0 Å². The van der Waals surface area contributed by atoms with Crippen molar-refractivity contribution in [2.45, 2.75) is 12.5 Å². The van der Waals surface area contributed by atoms with Crippen molar-refractivity contribution < 1.29 is 5.11 Å². The lowest BCUT2D eigenvalue weighted by atomic mass is 9.95. The van der Waals surface area contributed by atoms with Gasteiger partial charge in [-0.05, 0) is 54.5 Å². The SMILES string of the molecule is O=c1[nH]c(=S)n(-c2ccc(Cl)cc2)c(O)c1[C@@H]1NCCc2c1[nH]c1ccccc21. The molecule has 3 heterocycles. The summed E-state index contributed by atoms with van der Waals surface area (Å²) in [6, 6.07) is 14.5. The molecule has 4 aromatic rings. The average Bonchev–Trinajstić information content (AvgIpc) is 3.09. The maximum Gasteiger partial charge on any atom is 0.260 e. The summed E-state index contributed by atoms with van der Waals surface area (Å²) >= 11 is 11.3. The Kier molecular flexibility index (Phi) is 4.31. The van der Waals surface area contributed by atoms with Crippen LogP contribution in [-0.2, 0) is 6.42 Å². The van der Waals surface area contributed by atoms with Gasteiger partial charge in [-0.2, -0.15) is 0 Å². The van der Waals surface area contributed by atoms with Crippen molar-refractivity contribution in [3.05, 3.63) is 85.5 Å². The van der Waals surface area contributed by atoms with Crippen molar-refractivity contribution in [3.8, 4) is 11.6 Å². The Balaban J connectivity index is 1.74. The van der Waals surface area contributed by atoms with Gasteiger partial charge in [0, 0.05) is 28.2 Å². The molecular formula is C21H17ClN4O2S. The highest BCUT2D eigenvalue weighted by Gasteiger charge is 2.30. The second-order valence-corrected chi connectivity index (χ2v) is 7.83. The number of hydrogen-bond donors (Lipinski definition) is 4. The minimum absolute atomic E-state index is 0.117. The Labute approximate surface area is 175 Å². The summed E-state index contributed by atoms with van der Waals surface area (Å²) in [5.74, 6) is -0.190. The van der Waals surface area contributed by atoms with Crippen LogP contribution in [0.3, 0.4) is 0 Å². The maximum absolute atomic E-state index is 12.9. The third kappa shape index (κ3) is 2.90. The number of nitrogens with one attached hydrogen (secondary N) is 3. The Morgan fingerprint density at radius 2 is 1.86 bits per heavy atom. The minimum atomic E-state index is -0.482. The number of hydrogen-bond acceptors (Lipinski definition) is 4. The fourth-order valence-corrected chi connectivity index (χ4v) is 4.47. The summed E-state index contributed by atoms with van der Waals surface area (Å²) in [6.07, 6.45) is 0.838. The van der Waals surface area contributed by atoms with Crippen molar-refractivity contribution in [1.29, 1.82) is 0 Å². The fourth-order valence-electron chi connectivity index (χ4n) is 4.06. The average molecular weight is 425 g/mol.